The Hall–Kier alpha value is -7.79. The SMILES string of the molecule is C=CC=C.S.c1ccc(-n2c3ccccc3c3cc(-c4cc(-c5ccc6c(c5)c5ccccc5n6-c5ccccc5)cc(-n5c6ccccc6c6ccccc65)c4)ccc32)cc1. The number of para-hydroxylation sites is 6. The van der Waals surface area contributed by atoms with Gasteiger partial charge in [0.15, 0.2) is 0 Å². The molecule has 0 unspecified atom stereocenters. The van der Waals surface area contributed by atoms with Crippen molar-refractivity contribution in [2.75, 3.05) is 0 Å². The molecular weight excluding hydrogens is 771 g/mol. The molecule has 0 aliphatic rings. The van der Waals surface area contributed by atoms with Crippen LogP contribution in [-0.2, 0) is 0 Å². The molecule has 9 aromatic carbocycles. The van der Waals surface area contributed by atoms with Crippen LogP contribution in [0, 0.1) is 0 Å². The Morgan fingerprint density at radius 3 is 0.935 bits per heavy atom. The molecule has 12 aromatic rings. The van der Waals surface area contributed by atoms with Crippen molar-refractivity contribution in [3.8, 4) is 39.3 Å². The van der Waals surface area contributed by atoms with E-state index in [4.69, 9.17) is 0 Å². The Bertz CT molecular complexity index is 3390. The number of allylic oxidation sites excluding steroid dienone is 2. The Morgan fingerprint density at radius 2 is 0.565 bits per heavy atom. The van der Waals surface area contributed by atoms with E-state index in [1.165, 1.54) is 87.7 Å². The summed E-state index contributed by atoms with van der Waals surface area (Å²) in [4.78, 5) is 0. The van der Waals surface area contributed by atoms with Gasteiger partial charge in [0.05, 0.1) is 33.1 Å². The topological polar surface area (TPSA) is 14.8 Å². The standard InChI is InChI=1S/C54H35N3.C4H6.H2S/c1-3-15-40(16-4-1)55-51-25-13-9-21-45(51)47-34-36(27-29-53(47)55)38-31-39(33-42(32-38)57-49-23-11-7-19-43(49)44-20-8-12-24-50(44)57)37-28-30-54-48(35-37)46-22-10-14-26-52(46)56(54)41-17-5-2-6-18-41;1-3-4-2;/h1-35H;3-4H,1-2H2;1H2. The molecule has 3 nitrogen and oxygen atoms in total. The van der Waals surface area contributed by atoms with Gasteiger partial charge in [0.1, 0.15) is 0 Å². The summed E-state index contributed by atoms with van der Waals surface area (Å²) in [5, 5.41) is 7.49. The number of fused-ring (bicyclic) bond motifs is 9. The van der Waals surface area contributed by atoms with E-state index in [9.17, 15) is 0 Å². The first-order valence-corrected chi connectivity index (χ1v) is 20.8. The molecular formula is C58H43N3S. The summed E-state index contributed by atoms with van der Waals surface area (Å²) in [6.07, 6.45) is 3.28. The smallest absolute Gasteiger partial charge is 0.0541 e. The molecule has 3 aromatic heterocycles. The zero-order valence-corrected chi connectivity index (χ0v) is 35.1. The van der Waals surface area contributed by atoms with Crippen LogP contribution in [0.2, 0.25) is 0 Å². The highest BCUT2D eigenvalue weighted by molar-refractivity contribution is 7.59. The van der Waals surface area contributed by atoms with Gasteiger partial charge in [0, 0.05) is 49.4 Å². The average Bonchev–Trinajstić information content (AvgIpc) is 3.97. The minimum absolute atomic E-state index is 0. The van der Waals surface area contributed by atoms with Gasteiger partial charge in [-0.25, -0.2) is 0 Å². The van der Waals surface area contributed by atoms with Crippen LogP contribution in [0.3, 0.4) is 0 Å². The van der Waals surface area contributed by atoms with Gasteiger partial charge in [-0.1, -0.05) is 147 Å². The van der Waals surface area contributed by atoms with E-state index in [-0.39, 0.29) is 13.5 Å². The number of hydrogen-bond donors (Lipinski definition) is 0. The highest BCUT2D eigenvalue weighted by Crippen LogP contribution is 2.41. The highest BCUT2D eigenvalue weighted by Gasteiger charge is 2.18. The van der Waals surface area contributed by atoms with E-state index in [1.807, 2.05) is 0 Å². The minimum atomic E-state index is 0. The van der Waals surface area contributed by atoms with Crippen molar-refractivity contribution in [1.29, 1.82) is 0 Å². The molecule has 12 rings (SSSR count). The molecule has 0 saturated carbocycles. The molecule has 0 spiro atoms. The van der Waals surface area contributed by atoms with E-state index in [0.29, 0.717) is 0 Å². The third-order valence-electron chi connectivity index (χ3n) is 12.0. The zero-order valence-electron chi connectivity index (χ0n) is 34.1. The van der Waals surface area contributed by atoms with Crippen molar-refractivity contribution in [1.82, 2.24) is 13.7 Å². The molecule has 62 heavy (non-hydrogen) atoms. The van der Waals surface area contributed by atoms with Crippen LogP contribution < -0.4 is 0 Å². The normalized spacial score (nSPS) is 11.2. The van der Waals surface area contributed by atoms with Crippen LogP contribution in [0.4, 0.5) is 0 Å². The zero-order chi connectivity index (χ0) is 40.9. The van der Waals surface area contributed by atoms with Crippen molar-refractivity contribution >= 4 is 78.9 Å². The van der Waals surface area contributed by atoms with E-state index >= 15 is 0 Å². The van der Waals surface area contributed by atoms with Crippen molar-refractivity contribution in [3.63, 3.8) is 0 Å². The third kappa shape index (κ3) is 6.32. The van der Waals surface area contributed by atoms with Gasteiger partial charge < -0.3 is 13.7 Å². The monoisotopic (exact) mass is 813 g/mol. The van der Waals surface area contributed by atoms with E-state index in [0.717, 1.165) is 17.1 Å². The molecule has 0 bridgehead atoms. The summed E-state index contributed by atoms with van der Waals surface area (Å²) >= 11 is 0. The van der Waals surface area contributed by atoms with E-state index in [1.54, 1.807) is 12.2 Å². The molecule has 0 N–H and O–H groups in total. The van der Waals surface area contributed by atoms with Crippen molar-refractivity contribution in [2.24, 2.45) is 0 Å². The number of hydrogen-bond acceptors (Lipinski definition) is 0. The van der Waals surface area contributed by atoms with Gasteiger partial charge in [0.25, 0.3) is 0 Å². The predicted octanol–water partition coefficient (Wildman–Crippen LogP) is 15.8. The number of rotatable bonds is 6. The quantitative estimate of drug-likeness (QED) is 0.149. The number of benzene rings is 9. The Morgan fingerprint density at radius 1 is 0.258 bits per heavy atom. The fraction of sp³-hybridized carbons (Fsp3) is 0. The molecule has 296 valence electrons. The summed E-state index contributed by atoms with van der Waals surface area (Å²) in [7, 11) is 0. The number of aromatic nitrogens is 3. The Kier molecular flexibility index (Phi) is 9.91. The lowest BCUT2D eigenvalue weighted by atomic mass is 9.96. The average molecular weight is 814 g/mol. The predicted molar refractivity (Wildman–Crippen MR) is 271 cm³/mol. The van der Waals surface area contributed by atoms with Gasteiger partial charge in [-0.2, -0.15) is 13.5 Å². The Balaban J connectivity index is 0.000000881. The van der Waals surface area contributed by atoms with Crippen LogP contribution in [0.15, 0.2) is 238 Å². The lowest BCUT2D eigenvalue weighted by Gasteiger charge is -2.15. The van der Waals surface area contributed by atoms with Crippen LogP contribution in [0.5, 0.6) is 0 Å². The van der Waals surface area contributed by atoms with Crippen molar-refractivity contribution < 1.29 is 0 Å². The second-order valence-electron chi connectivity index (χ2n) is 15.4. The molecule has 0 aliphatic carbocycles. The molecule has 0 fully saturated rings. The largest absolute Gasteiger partial charge is 0.309 e. The molecule has 0 amide bonds. The first kappa shape index (κ1) is 38.4. The summed E-state index contributed by atoms with van der Waals surface area (Å²) in [5.41, 5.74) is 15.4. The van der Waals surface area contributed by atoms with Crippen molar-refractivity contribution in [3.05, 3.63) is 238 Å². The maximum absolute atomic E-state index is 3.36. The van der Waals surface area contributed by atoms with Crippen LogP contribution in [0.25, 0.3) is 105 Å². The lowest BCUT2D eigenvalue weighted by Crippen LogP contribution is -1.96. The summed E-state index contributed by atoms with van der Waals surface area (Å²) in [6.45, 7) is 6.72. The summed E-state index contributed by atoms with van der Waals surface area (Å²) in [6, 6.07) is 77.6. The van der Waals surface area contributed by atoms with Gasteiger partial charge in [0.2, 0.25) is 0 Å². The minimum Gasteiger partial charge on any atom is -0.309 e. The summed E-state index contributed by atoms with van der Waals surface area (Å²) in [5.74, 6) is 0. The highest BCUT2D eigenvalue weighted by atomic mass is 32.1. The Labute approximate surface area is 367 Å². The molecule has 0 saturated heterocycles. The summed E-state index contributed by atoms with van der Waals surface area (Å²) < 4.78 is 7.21. The third-order valence-corrected chi connectivity index (χ3v) is 12.0. The molecule has 0 atom stereocenters. The first-order chi connectivity index (χ1) is 30.2. The second kappa shape index (κ2) is 16.0. The molecule has 4 heteroatoms. The fourth-order valence-electron chi connectivity index (χ4n) is 9.29. The first-order valence-electron chi connectivity index (χ1n) is 20.8. The molecule has 0 radical (unpaired) electrons. The van der Waals surface area contributed by atoms with Gasteiger partial charge in [-0.15, -0.1) is 0 Å². The van der Waals surface area contributed by atoms with Gasteiger partial charge in [-0.3, -0.25) is 0 Å². The maximum Gasteiger partial charge on any atom is 0.0541 e. The van der Waals surface area contributed by atoms with E-state index < -0.39 is 0 Å². The maximum atomic E-state index is 3.36. The van der Waals surface area contributed by atoms with E-state index in [2.05, 4.69) is 239 Å². The van der Waals surface area contributed by atoms with Crippen LogP contribution in [0.1, 0.15) is 0 Å². The van der Waals surface area contributed by atoms with Crippen LogP contribution in [-0.4, -0.2) is 13.7 Å². The lowest BCUT2D eigenvalue weighted by molar-refractivity contribution is 1.18. The van der Waals surface area contributed by atoms with Crippen LogP contribution >= 0.6 is 13.5 Å². The van der Waals surface area contributed by atoms with Gasteiger partial charge >= 0.3 is 0 Å². The van der Waals surface area contributed by atoms with Crippen molar-refractivity contribution in [2.45, 2.75) is 0 Å². The fourth-order valence-corrected chi connectivity index (χ4v) is 9.29. The molecule has 0 aliphatic heterocycles. The molecule has 3 heterocycles. The second-order valence-corrected chi connectivity index (χ2v) is 15.4. The van der Waals surface area contributed by atoms with Gasteiger partial charge in [-0.05, 0) is 113 Å². The number of nitrogens with zero attached hydrogens (tertiary/aromatic N) is 3.